The predicted octanol–water partition coefficient (Wildman–Crippen LogP) is 16.9. The molecule has 0 amide bonds. The van der Waals surface area contributed by atoms with Crippen molar-refractivity contribution in [2.24, 2.45) is 11.8 Å². The third-order valence-electron chi connectivity index (χ3n) is 14.9. The van der Waals surface area contributed by atoms with Crippen molar-refractivity contribution in [2.45, 2.75) is 323 Å². The van der Waals surface area contributed by atoms with E-state index >= 15 is 0 Å². The highest BCUT2D eigenvalue weighted by molar-refractivity contribution is 7.47. The van der Waals surface area contributed by atoms with Crippen LogP contribution >= 0.6 is 15.6 Å². The van der Waals surface area contributed by atoms with Crippen LogP contribution in [0, 0.1) is 11.8 Å². The number of unbranched alkanes of at least 4 members (excludes halogenated alkanes) is 29. The van der Waals surface area contributed by atoms with Crippen LogP contribution in [0.5, 0.6) is 0 Å². The maximum atomic E-state index is 13.0. The molecule has 0 aromatic rings. The van der Waals surface area contributed by atoms with Crippen LogP contribution in [-0.4, -0.2) is 96.7 Å². The van der Waals surface area contributed by atoms with Crippen molar-refractivity contribution in [3.8, 4) is 0 Å². The maximum Gasteiger partial charge on any atom is 0.472 e. The molecule has 0 aromatic heterocycles. The van der Waals surface area contributed by atoms with Crippen LogP contribution < -0.4 is 0 Å². The zero-order chi connectivity index (χ0) is 60.1. The first-order valence-electron chi connectivity index (χ1n) is 32.6. The first-order chi connectivity index (χ1) is 38.9. The summed E-state index contributed by atoms with van der Waals surface area (Å²) < 4.78 is 67.8. The van der Waals surface area contributed by atoms with E-state index in [2.05, 4.69) is 41.5 Å². The molecule has 0 rings (SSSR count). The highest BCUT2D eigenvalue weighted by atomic mass is 31.2. The Morgan fingerprint density at radius 3 is 0.877 bits per heavy atom. The second kappa shape index (κ2) is 54.7. The van der Waals surface area contributed by atoms with Crippen molar-refractivity contribution < 1.29 is 80.2 Å². The fourth-order valence-electron chi connectivity index (χ4n) is 9.11. The Balaban J connectivity index is 5.22. The van der Waals surface area contributed by atoms with E-state index in [0.29, 0.717) is 25.7 Å². The summed E-state index contributed by atoms with van der Waals surface area (Å²) in [7, 11) is -9.88. The standard InChI is InChI=1S/C62H120O17P2/c1-7-11-13-15-17-18-22-26-34-40-46-61(66)78-57(50-72-59(64)44-38-32-24-16-14-12-8-2)52-76-80(68,69)74-48-56(63)49-75-81(70,71)77-53-58(51-73-60(65)45-39-33-29-28-31-37-43-55(6)10-4)79-62(67)47-41-35-27-23-20-19-21-25-30-36-42-54(5)9-3/h54-58,63H,7-53H2,1-6H3,(H,68,69)(H,70,71)/t54?,55?,56-,57+,58+/m0/s1. The van der Waals surface area contributed by atoms with Gasteiger partial charge in [0.25, 0.3) is 0 Å². The van der Waals surface area contributed by atoms with Gasteiger partial charge in [0.15, 0.2) is 12.2 Å². The lowest BCUT2D eigenvalue weighted by Gasteiger charge is -2.21. The minimum Gasteiger partial charge on any atom is -0.462 e. The summed E-state index contributed by atoms with van der Waals surface area (Å²) >= 11 is 0. The van der Waals surface area contributed by atoms with Gasteiger partial charge in [0.1, 0.15) is 19.3 Å². The molecule has 0 saturated heterocycles. The number of aliphatic hydroxyl groups is 1. The summed E-state index contributed by atoms with van der Waals surface area (Å²) in [6, 6.07) is 0. The molecule has 0 radical (unpaired) electrons. The van der Waals surface area contributed by atoms with Crippen molar-refractivity contribution in [1.82, 2.24) is 0 Å². The van der Waals surface area contributed by atoms with Crippen LogP contribution in [0.15, 0.2) is 0 Å². The molecular weight excluding hydrogens is 1080 g/mol. The molecule has 0 aromatic carbocycles. The monoisotopic (exact) mass is 1200 g/mol. The molecule has 0 aliphatic carbocycles. The van der Waals surface area contributed by atoms with Crippen LogP contribution in [0.1, 0.15) is 305 Å². The van der Waals surface area contributed by atoms with E-state index in [4.69, 9.17) is 37.0 Å². The van der Waals surface area contributed by atoms with Gasteiger partial charge in [-0.15, -0.1) is 0 Å². The quantitative estimate of drug-likeness (QED) is 0.0222. The molecule has 0 aliphatic heterocycles. The molecule has 3 N–H and O–H groups in total. The second-order valence-corrected chi connectivity index (χ2v) is 25.8. The van der Waals surface area contributed by atoms with Crippen molar-refractivity contribution in [3.05, 3.63) is 0 Å². The molecule has 17 nitrogen and oxygen atoms in total. The highest BCUT2D eigenvalue weighted by Gasteiger charge is 2.30. The highest BCUT2D eigenvalue weighted by Crippen LogP contribution is 2.45. The Morgan fingerprint density at radius 2 is 0.593 bits per heavy atom. The number of hydrogen-bond acceptors (Lipinski definition) is 15. The summed E-state index contributed by atoms with van der Waals surface area (Å²) in [5, 5.41) is 10.5. The lowest BCUT2D eigenvalue weighted by atomic mass is 9.99. The number of aliphatic hydroxyl groups excluding tert-OH is 1. The van der Waals surface area contributed by atoms with E-state index in [9.17, 15) is 43.2 Å². The lowest BCUT2D eigenvalue weighted by molar-refractivity contribution is -0.161. The third kappa shape index (κ3) is 54.5. The van der Waals surface area contributed by atoms with Gasteiger partial charge in [0, 0.05) is 25.7 Å². The SMILES string of the molecule is CCCCCCCCCCCCC(=O)O[C@H](COC(=O)CCCCCCCCC)COP(=O)(O)OC[C@H](O)COP(=O)(O)OC[C@@H](COC(=O)CCCCCCCCC(C)CC)OC(=O)CCCCCCCCCCCCC(C)CC. The van der Waals surface area contributed by atoms with Crippen molar-refractivity contribution in [3.63, 3.8) is 0 Å². The molecule has 0 bridgehead atoms. The van der Waals surface area contributed by atoms with E-state index in [1.54, 1.807) is 0 Å². The molecule has 480 valence electrons. The number of hydrogen-bond donors (Lipinski definition) is 3. The molecule has 19 heteroatoms. The Morgan fingerprint density at radius 1 is 0.346 bits per heavy atom. The van der Waals surface area contributed by atoms with Gasteiger partial charge in [-0.1, -0.05) is 253 Å². The van der Waals surface area contributed by atoms with Crippen LogP contribution in [-0.2, 0) is 65.4 Å². The number of rotatable bonds is 61. The second-order valence-electron chi connectivity index (χ2n) is 22.9. The van der Waals surface area contributed by atoms with E-state index < -0.39 is 97.5 Å². The normalized spacial score (nSPS) is 15.0. The predicted molar refractivity (Wildman–Crippen MR) is 321 cm³/mol. The number of carbonyl (C=O) groups excluding carboxylic acids is 4. The molecule has 0 heterocycles. The van der Waals surface area contributed by atoms with E-state index in [1.807, 2.05) is 0 Å². The van der Waals surface area contributed by atoms with Crippen LogP contribution in [0.4, 0.5) is 0 Å². The van der Waals surface area contributed by atoms with Crippen LogP contribution in [0.3, 0.4) is 0 Å². The topological polar surface area (TPSA) is 237 Å². The lowest BCUT2D eigenvalue weighted by Crippen LogP contribution is -2.30. The van der Waals surface area contributed by atoms with Crippen molar-refractivity contribution in [2.75, 3.05) is 39.6 Å². The first kappa shape index (κ1) is 79.1. The molecular formula is C62H120O17P2. The molecule has 0 fully saturated rings. The minimum absolute atomic E-state index is 0.105. The Labute approximate surface area is 492 Å². The summed E-state index contributed by atoms with van der Waals surface area (Å²) in [6.07, 6.45) is 36.2. The summed E-state index contributed by atoms with van der Waals surface area (Å²) in [5.74, 6) is -0.608. The number of phosphoric ester groups is 2. The Bertz CT molecular complexity index is 1600. The number of carbonyl (C=O) groups is 4. The van der Waals surface area contributed by atoms with Gasteiger partial charge in [-0.05, 0) is 37.5 Å². The van der Waals surface area contributed by atoms with Crippen molar-refractivity contribution >= 4 is 39.5 Å². The van der Waals surface area contributed by atoms with Gasteiger partial charge >= 0.3 is 39.5 Å². The average molecular weight is 1200 g/mol. The molecule has 0 saturated carbocycles. The zero-order valence-corrected chi connectivity index (χ0v) is 53.9. The minimum atomic E-state index is -4.94. The van der Waals surface area contributed by atoms with Crippen LogP contribution in [0.2, 0.25) is 0 Å². The summed E-state index contributed by atoms with van der Waals surface area (Å²) in [6.45, 7) is 9.41. The zero-order valence-electron chi connectivity index (χ0n) is 52.1. The Hall–Kier alpha value is -1.94. The van der Waals surface area contributed by atoms with Gasteiger partial charge in [-0.2, -0.15) is 0 Å². The van der Waals surface area contributed by atoms with Gasteiger partial charge in [0.05, 0.1) is 26.4 Å². The van der Waals surface area contributed by atoms with E-state index in [1.165, 1.54) is 103 Å². The van der Waals surface area contributed by atoms with Gasteiger partial charge in [0.2, 0.25) is 0 Å². The summed E-state index contributed by atoms with van der Waals surface area (Å²) in [4.78, 5) is 72.0. The molecule has 7 atom stereocenters. The van der Waals surface area contributed by atoms with Gasteiger partial charge in [-0.3, -0.25) is 37.3 Å². The molecule has 4 unspecified atom stereocenters. The molecule has 0 aliphatic rings. The largest absolute Gasteiger partial charge is 0.472 e. The average Bonchev–Trinajstić information content (AvgIpc) is 3.44. The third-order valence-corrected chi connectivity index (χ3v) is 16.8. The Kier molecular flexibility index (Phi) is 53.4. The number of ether oxygens (including phenoxy) is 4. The van der Waals surface area contributed by atoms with E-state index in [-0.39, 0.29) is 25.7 Å². The fraction of sp³-hybridized carbons (Fsp3) is 0.935. The maximum absolute atomic E-state index is 13.0. The first-order valence-corrected chi connectivity index (χ1v) is 35.6. The number of esters is 4. The van der Waals surface area contributed by atoms with Gasteiger partial charge in [-0.25, -0.2) is 9.13 Å². The molecule has 81 heavy (non-hydrogen) atoms. The van der Waals surface area contributed by atoms with Crippen LogP contribution in [0.25, 0.3) is 0 Å². The van der Waals surface area contributed by atoms with E-state index in [0.717, 1.165) is 121 Å². The fourth-order valence-corrected chi connectivity index (χ4v) is 10.7. The van der Waals surface area contributed by atoms with Gasteiger partial charge < -0.3 is 33.8 Å². The number of phosphoric acid groups is 2. The molecule has 0 spiro atoms. The smallest absolute Gasteiger partial charge is 0.462 e. The van der Waals surface area contributed by atoms with Crippen molar-refractivity contribution in [1.29, 1.82) is 0 Å². The summed E-state index contributed by atoms with van der Waals surface area (Å²) in [5.41, 5.74) is 0.